The summed E-state index contributed by atoms with van der Waals surface area (Å²) in [5.74, 6) is 0.186. The third-order valence-corrected chi connectivity index (χ3v) is 4.41. The van der Waals surface area contributed by atoms with Gasteiger partial charge in [-0.05, 0) is 30.7 Å². The average molecular weight is 319 g/mol. The van der Waals surface area contributed by atoms with Crippen molar-refractivity contribution in [1.29, 1.82) is 5.26 Å². The van der Waals surface area contributed by atoms with Gasteiger partial charge >= 0.3 is 0 Å². The van der Waals surface area contributed by atoms with Crippen LogP contribution in [0.15, 0.2) is 48.5 Å². The molecule has 0 atom stereocenters. The lowest BCUT2D eigenvalue weighted by Gasteiger charge is -2.36. The van der Waals surface area contributed by atoms with E-state index in [4.69, 9.17) is 5.26 Å². The van der Waals surface area contributed by atoms with Crippen LogP contribution in [0.4, 0.5) is 5.69 Å². The Morgan fingerprint density at radius 2 is 1.83 bits per heavy atom. The molecule has 1 fully saturated rings. The molecule has 0 unspecified atom stereocenters. The van der Waals surface area contributed by atoms with Crippen LogP contribution in [0.3, 0.4) is 0 Å². The van der Waals surface area contributed by atoms with E-state index < -0.39 is 0 Å². The van der Waals surface area contributed by atoms with Crippen LogP contribution in [-0.2, 0) is 11.2 Å². The van der Waals surface area contributed by atoms with E-state index in [0.29, 0.717) is 12.0 Å². The Kier molecular flexibility index (Phi) is 4.81. The molecule has 0 spiro atoms. The molecule has 2 aromatic carbocycles. The van der Waals surface area contributed by atoms with Crippen LogP contribution in [0.25, 0.3) is 0 Å². The number of aryl methyl sites for hydroxylation is 1. The van der Waals surface area contributed by atoms with Gasteiger partial charge in [-0.15, -0.1) is 0 Å². The molecule has 1 saturated heterocycles. The summed E-state index contributed by atoms with van der Waals surface area (Å²) in [5, 5.41) is 9.01. The molecule has 4 heteroatoms. The van der Waals surface area contributed by atoms with Crippen LogP contribution >= 0.6 is 0 Å². The second-order valence-corrected chi connectivity index (χ2v) is 6.20. The van der Waals surface area contributed by atoms with Crippen LogP contribution in [-0.4, -0.2) is 37.0 Å². The minimum absolute atomic E-state index is 0.186. The highest BCUT2D eigenvalue weighted by Crippen LogP contribution is 2.18. The zero-order valence-electron chi connectivity index (χ0n) is 13.9. The number of carbonyl (C=O) groups excluding carboxylic acids is 1. The Bertz CT molecular complexity index is 770. The molecule has 0 aromatic heterocycles. The highest BCUT2D eigenvalue weighted by molar-refractivity contribution is 5.79. The number of benzene rings is 2. The Labute approximate surface area is 142 Å². The van der Waals surface area contributed by atoms with Crippen LogP contribution < -0.4 is 4.90 Å². The summed E-state index contributed by atoms with van der Waals surface area (Å²) in [7, 11) is 0. The van der Waals surface area contributed by atoms with Gasteiger partial charge in [0.1, 0.15) is 0 Å². The summed E-state index contributed by atoms with van der Waals surface area (Å²) in [6.45, 7) is 5.09. The Morgan fingerprint density at radius 3 is 2.54 bits per heavy atom. The second kappa shape index (κ2) is 7.18. The molecule has 1 heterocycles. The fraction of sp³-hybridized carbons (Fsp3) is 0.300. The number of nitrogens with zero attached hydrogens (tertiary/aromatic N) is 3. The first kappa shape index (κ1) is 16.1. The van der Waals surface area contributed by atoms with Gasteiger partial charge in [0.2, 0.25) is 5.91 Å². The van der Waals surface area contributed by atoms with E-state index in [1.54, 1.807) is 0 Å². The number of hydrogen-bond acceptors (Lipinski definition) is 3. The molecule has 0 saturated carbocycles. The monoisotopic (exact) mass is 319 g/mol. The first-order chi connectivity index (χ1) is 11.7. The first-order valence-corrected chi connectivity index (χ1v) is 8.24. The molecule has 1 amide bonds. The molecule has 122 valence electrons. The van der Waals surface area contributed by atoms with Crippen molar-refractivity contribution in [2.45, 2.75) is 13.3 Å². The Morgan fingerprint density at radius 1 is 1.08 bits per heavy atom. The largest absolute Gasteiger partial charge is 0.368 e. The van der Waals surface area contributed by atoms with Crippen molar-refractivity contribution in [1.82, 2.24) is 4.90 Å². The van der Waals surface area contributed by atoms with E-state index in [1.165, 1.54) is 5.56 Å². The van der Waals surface area contributed by atoms with Crippen LogP contribution in [0, 0.1) is 18.3 Å². The van der Waals surface area contributed by atoms with Gasteiger partial charge in [0.05, 0.1) is 18.1 Å². The van der Waals surface area contributed by atoms with E-state index in [-0.39, 0.29) is 5.91 Å². The molecule has 3 rings (SSSR count). The van der Waals surface area contributed by atoms with Crippen LogP contribution in [0.1, 0.15) is 16.7 Å². The second-order valence-electron chi connectivity index (χ2n) is 6.20. The summed E-state index contributed by atoms with van der Waals surface area (Å²) in [4.78, 5) is 16.7. The van der Waals surface area contributed by atoms with Gasteiger partial charge in [0.25, 0.3) is 0 Å². The van der Waals surface area contributed by atoms with Crippen molar-refractivity contribution < 1.29 is 4.79 Å². The standard InChI is InChI=1S/C20H21N3O/c1-16-4-2-5-17(12-16)14-20(24)23-10-8-22(9-11-23)19-7-3-6-18(13-19)15-21/h2-7,12-13H,8-11,14H2,1H3. The number of amides is 1. The van der Waals surface area contributed by atoms with E-state index in [9.17, 15) is 4.79 Å². The van der Waals surface area contributed by atoms with E-state index in [2.05, 4.69) is 17.0 Å². The molecule has 1 aliphatic heterocycles. The normalized spacial score (nSPS) is 14.3. The number of rotatable bonds is 3. The van der Waals surface area contributed by atoms with Gasteiger partial charge < -0.3 is 9.80 Å². The van der Waals surface area contributed by atoms with E-state index in [0.717, 1.165) is 37.4 Å². The maximum Gasteiger partial charge on any atom is 0.227 e. The van der Waals surface area contributed by atoms with E-state index in [1.807, 2.05) is 54.3 Å². The van der Waals surface area contributed by atoms with Gasteiger partial charge in [-0.1, -0.05) is 35.9 Å². The maximum absolute atomic E-state index is 12.5. The SMILES string of the molecule is Cc1cccc(CC(=O)N2CCN(c3cccc(C#N)c3)CC2)c1. The predicted octanol–water partition coefficient (Wildman–Crippen LogP) is 2.76. The molecule has 24 heavy (non-hydrogen) atoms. The number of anilines is 1. The van der Waals surface area contributed by atoms with Crippen molar-refractivity contribution in [3.05, 3.63) is 65.2 Å². The minimum Gasteiger partial charge on any atom is -0.368 e. The van der Waals surface area contributed by atoms with E-state index >= 15 is 0 Å². The van der Waals surface area contributed by atoms with Crippen LogP contribution in [0.2, 0.25) is 0 Å². The zero-order chi connectivity index (χ0) is 16.9. The van der Waals surface area contributed by atoms with Crippen molar-refractivity contribution in [3.8, 4) is 6.07 Å². The Hall–Kier alpha value is -2.80. The smallest absolute Gasteiger partial charge is 0.227 e. The van der Waals surface area contributed by atoms with Crippen molar-refractivity contribution in [2.75, 3.05) is 31.1 Å². The quantitative estimate of drug-likeness (QED) is 0.874. The highest BCUT2D eigenvalue weighted by atomic mass is 16.2. The van der Waals surface area contributed by atoms with Crippen molar-refractivity contribution in [2.24, 2.45) is 0 Å². The molecular formula is C20H21N3O. The number of nitriles is 1. The first-order valence-electron chi connectivity index (χ1n) is 8.24. The third kappa shape index (κ3) is 3.75. The van der Waals surface area contributed by atoms with Gasteiger partial charge in [0.15, 0.2) is 0 Å². The summed E-state index contributed by atoms with van der Waals surface area (Å²) in [6.07, 6.45) is 0.464. The van der Waals surface area contributed by atoms with Gasteiger partial charge in [-0.2, -0.15) is 5.26 Å². The molecular weight excluding hydrogens is 298 g/mol. The molecule has 0 aliphatic carbocycles. The predicted molar refractivity (Wildman–Crippen MR) is 94.8 cm³/mol. The number of carbonyl (C=O) groups is 1. The lowest BCUT2D eigenvalue weighted by molar-refractivity contribution is -0.130. The lowest BCUT2D eigenvalue weighted by Crippen LogP contribution is -2.49. The molecule has 0 N–H and O–H groups in total. The van der Waals surface area contributed by atoms with Crippen molar-refractivity contribution in [3.63, 3.8) is 0 Å². The molecule has 1 aliphatic rings. The third-order valence-electron chi connectivity index (χ3n) is 4.41. The molecule has 0 radical (unpaired) electrons. The van der Waals surface area contributed by atoms with Gasteiger partial charge in [-0.3, -0.25) is 4.79 Å². The fourth-order valence-electron chi connectivity index (χ4n) is 3.09. The topological polar surface area (TPSA) is 47.3 Å². The maximum atomic E-state index is 12.5. The summed E-state index contributed by atoms with van der Waals surface area (Å²) >= 11 is 0. The van der Waals surface area contributed by atoms with Crippen LogP contribution in [0.5, 0.6) is 0 Å². The summed E-state index contributed by atoms with van der Waals surface area (Å²) < 4.78 is 0. The molecule has 4 nitrogen and oxygen atoms in total. The summed E-state index contributed by atoms with van der Waals surface area (Å²) in [5.41, 5.74) is 3.98. The minimum atomic E-state index is 0.186. The Balaban J connectivity index is 1.58. The lowest BCUT2D eigenvalue weighted by atomic mass is 10.1. The summed E-state index contributed by atoms with van der Waals surface area (Å²) in [6, 6.07) is 17.9. The highest BCUT2D eigenvalue weighted by Gasteiger charge is 2.21. The fourth-order valence-corrected chi connectivity index (χ4v) is 3.09. The van der Waals surface area contributed by atoms with Gasteiger partial charge in [0, 0.05) is 31.9 Å². The molecule has 2 aromatic rings. The number of piperazine rings is 1. The van der Waals surface area contributed by atoms with Crippen molar-refractivity contribution >= 4 is 11.6 Å². The average Bonchev–Trinajstić information content (AvgIpc) is 2.62. The van der Waals surface area contributed by atoms with Gasteiger partial charge in [-0.25, -0.2) is 0 Å². The number of hydrogen-bond donors (Lipinski definition) is 0. The zero-order valence-corrected chi connectivity index (χ0v) is 13.9. The molecule has 0 bridgehead atoms.